The number of rotatable bonds is 5. The van der Waals surface area contributed by atoms with Crippen LogP contribution in [0.1, 0.15) is 0 Å². The Hall–Kier alpha value is -7.62. The third kappa shape index (κ3) is 4.73. The molecule has 0 aliphatic heterocycles. The monoisotopic (exact) mass is 726 g/mol. The molecule has 0 N–H and O–H groups in total. The van der Waals surface area contributed by atoms with E-state index in [0.29, 0.717) is 0 Å². The lowest BCUT2D eigenvalue weighted by atomic mass is 9.95. The number of benzene rings is 9. The van der Waals surface area contributed by atoms with Crippen molar-refractivity contribution in [2.24, 2.45) is 0 Å². The van der Waals surface area contributed by atoms with Gasteiger partial charge in [0, 0.05) is 38.0 Å². The van der Waals surface area contributed by atoms with Crippen LogP contribution in [0.4, 0.5) is 0 Å². The average Bonchev–Trinajstić information content (AvgIpc) is 3.95. The summed E-state index contributed by atoms with van der Waals surface area (Å²) in [5.41, 5.74) is 15.7. The highest BCUT2D eigenvalue weighted by Crippen LogP contribution is 2.46. The molecule has 3 heteroatoms. The van der Waals surface area contributed by atoms with Crippen LogP contribution < -0.4 is 0 Å². The van der Waals surface area contributed by atoms with Gasteiger partial charge < -0.3 is 13.6 Å². The van der Waals surface area contributed by atoms with Crippen molar-refractivity contribution in [1.82, 2.24) is 9.13 Å². The number of para-hydroxylation sites is 4. The molecule has 0 aliphatic rings. The summed E-state index contributed by atoms with van der Waals surface area (Å²) in [7, 11) is 0. The number of furan rings is 1. The zero-order chi connectivity index (χ0) is 37.5. The second kappa shape index (κ2) is 12.5. The van der Waals surface area contributed by atoms with Crippen molar-refractivity contribution in [1.29, 1.82) is 0 Å². The predicted octanol–water partition coefficient (Wildman–Crippen LogP) is 14.8. The molecule has 0 saturated heterocycles. The Morgan fingerprint density at radius 1 is 0.298 bits per heavy atom. The van der Waals surface area contributed by atoms with E-state index in [1.54, 1.807) is 0 Å². The summed E-state index contributed by atoms with van der Waals surface area (Å²) >= 11 is 0. The van der Waals surface area contributed by atoms with Crippen molar-refractivity contribution in [3.8, 4) is 44.8 Å². The maximum Gasteiger partial charge on any atom is 0.160 e. The summed E-state index contributed by atoms with van der Waals surface area (Å²) in [6, 6.07) is 74.2. The molecule has 0 unspecified atom stereocenters. The molecule has 0 saturated carbocycles. The molecule has 9 aromatic carbocycles. The second-order valence-corrected chi connectivity index (χ2v) is 14.8. The van der Waals surface area contributed by atoms with E-state index in [2.05, 4.69) is 215 Å². The SMILES string of the molecule is c1ccc(-c2ccc(-c3ccc(-n4c5ccccc5c5c(-c6cccc7c6c6ccccc6n7-c6ccccc6)cccc54)c4oc5ccccc5c34)cc2)cc1. The fraction of sp³-hybridized carbons (Fsp3) is 0. The third-order valence-corrected chi connectivity index (χ3v) is 11.7. The third-order valence-electron chi connectivity index (χ3n) is 11.7. The molecule has 266 valence electrons. The average molecular weight is 727 g/mol. The summed E-state index contributed by atoms with van der Waals surface area (Å²) in [6.45, 7) is 0. The van der Waals surface area contributed by atoms with Crippen LogP contribution in [-0.2, 0) is 0 Å². The summed E-state index contributed by atoms with van der Waals surface area (Å²) < 4.78 is 11.7. The Labute approximate surface area is 328 Å². The molecule has 0 spiro atoms. The quantitative estimate of drug-likeness (QED) is 0.173. The molecule has 12 aromatic rings. The van der Waals surface area contributed by atoms with Crippen LogP contribution in [0.15, 0.2) is 211 Å². The van der Waals surface area contributed by atoms with Gasteiger partial charge in [-0.05, 0) is 81.9 Å². The summed E-state index contributed by atoms with van der Waals surface area (Å²) in [6.07, 6.45) is 0. The largest absolute Gasteiger partial charge is 0.454 e. The highest BCUT2D eigenvalue weighted by atomic mass is 16.3. The first-order valence-corrected chi connectivity index (χ1v) is 19.5. The van der Waals surface area contributed by atoms with E-state index in [0.717, 1.165) is 55.5 Å². The number of hydrogen-bond acceptors (Lipinski definition) is 1. The minimum Gasteiger partial charge on any atom is -0.454 e. The lowest BCUT2D eigenvalue weighted by Gasteiger charge is -2.13. The van der Waals surface area contributed by atoms with Crippen molar-refractivity contribution < 1.29 is 4.42 Å². The normalized spacial score (nSPS) is 11.9. The smallest absolute Gasteiger partial charge is 0.160 e. The van der Waals surface area contributed by atoms with Crippen LogP contribution in [0.25, 0.3) is 110 Å². The zero-order valence-corrected chi connectivity index (χ0v) is 30.9. The Balaban J connectivity index is 1.12. The van der Waals surface area contributed by atoms with Gasteiger partial charge in [0.05, 0.1) is 27.8 Å². The van der Waals surface area contributed by atoms with E-state index >= 15 is 0 Å². The minimum absolute atomic E-state index is 0.877. The van der Waals surface area contributed by atoms with E-state index in [1.807, 2.05) is 0 Å². The summed E-state index contributed by atoms with van der Waals surface area (Å²) in [5, 5.41) is 7.15. The molecule has 0 bridgehead atoms. The fourth-order valence-corrected chi connectivity index (χ4v) is 9.31. The molecule has 57 heavy (non-hydrogen) atoms. The van der Waals surface area contributed by atoms with Crippen LogP contribution >= 0.6 is 0 Å². The van der Waals surface area contributed by atoms with Crippen molar-refractivity contribution in [2.45, 2.75) is 0 Å². The molecule has 0 radical (unpaired) electrons. The second-order valence-electron chi connectivity index (χ2n) is 14.8. The van der Waals surface area contributed by atoms with Gasteiger partial charge >= 0.3 is 0 Å². The van der Waals surface area contributed by atoms with E-state index in [4.69, 9.17) is 4.42 Å². The molecule has 3 heterocycles. The lowest BCUT2D eigenvalue weighted by Crippen LogP contribution is -1.95. The standard InChI is InChI=1S/C54H34N2O/c1-3-15-35(16-4-1)36-29-31-37(32-30-36)39-33-34-49(54-53(39)44-21-9-12-28-50(44)57-54)56-46-25-11-8-20-43(46)52-41(23-14-27-48(52)56)40-22-13-26-47-51(40)42-19-7-10-24-45(42)55(47)38-17-5-2-6-18-38/h1-34H. The van der Waals surface area contributed by atoms with Crippen LogP contribution in [0.2, 0.25) is 0 Å². The predicted molar refractivity (Wildman–Crippen MR) is 239 cm³/mol. The van der Waals surface area contributed by atoms with Gasteiger partial charge in [-0.15, -0.1) is 0 Å². The first-order chi connectivity index (χ1) is 28.3. The van der Waals surface area contributed by atoms with E-state index in [9.17, 15) is 0 Å². The minimum atomic E-state index is 0.877. The van der Waals surface area contributed by atoms with E-state index in [-0.39, 0.29) is 0 Å². The maximum atomic E-state index is 6.90. The molecule has 0 atom stereocenters. The van der Waals surface area contributed by atoms with Crippen molar-refractivity contribution in [3.63, 3.8) is 0 Å². The molecule has 0 fully saturated rings. The van der Waals surface area contributed by atoms with Gasteiger partial charge in [-0.2, -0.15) is 0 Å². The van der Waals surface area contributed by atoms with Gasteiger partial charge in [-0.3, -0.25) is 0 Å². The Morgan fingerprint density at radius 2 is 0.807 bits per heavy atom. The Bertz CT molecular complexity index is 3490. The number of nitrogens with zero attached hydrogens (tertiary/aromatic N) is 2. The van der Waals surface area contributed by atoms with E-state index < -0.39 is 0 Å². The Morgan fingerprint density at radius 3 is 1.49 bits per heavy atom. The first kappa shape index (κ1) is 31.7. The molecule has 3 aromatic heterocycles. The molecule has 12 rings (SSSR count). The highest BCUT2D eigenvalue weighted by Gasteiger charge is 2.23. The number of hydrogen-bond donors (Lipinski definition) is 0. The van der Waals surface area contributed by atoms with Gasteiger partial charge in [0.25, 0.3) is 0 Å². The van der Waals surface area contributed by atoms with Crippen molar-refractivity contribution in [3.05, 3.63) is 206 Å². The summed E-state index contributed by atoms with van der Waals surface area (Å²) in [5.74, 6) is 0. The van der Waals surface area contributed by atoms with E-state index in [1.165, 1.54) is 54.8 Å². The van der Waals surface area contributed by atoms with Crippen molar-refractivity contribution in [2.75, 3.05) is 0 Å². The highest BCUT2D eigenvalue weighted by molar-refractivity contribution is 6.23. The number of aromatic nitrogens is 2. The zero-order valence-electron chi connectivity index (χ0n) is 30.9. The molecular weight excluding hydrogens is 693 g/mol. The van der Waals surface area contributed by atoms with Crippen LogP contribution in [0.3, 0.4) is 0 Å². The topological polar surface area (TPSA) is 23.0 Å². The van der Waals surface area contributed by atoms with Gasteiger partial charge in [-0.25, -0.2) is 0 Å². The number of fused-ring (bicyclic) bond motifs is 9. The van der Waals surface area contributed by atoms with Crippen LogP contribution in [-0.4, -0.2) is 9.13 Å². The van der Waals surface area contributed by atoms with Crippen LogP contribution in [0.5, 0.6) is 0 Å². The van der Waals surface area contributed by atoms with Gasteiger partial charge in [0.2, 0.25) is 0 Å². The lowest BCUT2D eigenvalue weighted by molar-refractivity contribution is 0.666. The van der Waals surface area contributed by atoms with Crippen LogP contribution in [0, 0.1) is 0 Å². The first-order valence-electron chi connectivity index (χ1n) is 19.5. The van der Waals surface area contributed by atoms with Gasteiger partial charge in [0.1, 0.15) is 5.58 Å². The molecular formula is C54H34N2O. The van der Waals surface area contributed by atoms with Gasteiger partial charge in [-0.1, -0.05) is 158 Å². The molecule has 0 aliphatic carbocycles. The fourth-order valence-electron chi connectivity index (χ4n) is 9.31. The molecule has 3 nitrogen and oxygen atoms in total. The summed E-state index contributed by atoms with van der Waals surface area (Å²) in [4.78, 5) is 0. The van der Waals surface area contributed by atoms with Gasteiger partial charge in [0.15, 0.2) is 5.58 Å². The molecule has 0 amide bonds. The maximum absolute atomic E-state index is 6.90. The Kier molecular flexibility index (Phi) is 6.93. The van der Waals surface area contributed by atoms with Crippen molar-refractivity contribution >= 4 is 65.6 Å².